The highest BCUT2D eigenvalue weighted by Crippen LogP contribution is 2.34. The molecule has 0 saturated carbocycles. The second-order valence-electron chi connectivity index (χ2n) is 4.14. The molecular formula is C12H15Cl2NO5S. The highest BCUT2D eigenvalue weighted by molar-refractivity contribution is 8.13. The van der Waals surface area contributed by atoms with Crippen LogP contribution in [0.2, 0.25) is 5.02 Å². The normalized spacial score (nSPS) is 11.3. The third-order valence-electron chi connectivity index (χ3n) is 2.69. The Hall–Kier alpha value is -1.02. The lowest BCUT2D eigenvalue weighted by molar-refractivity contribution is 0.0740. The molecule has 1 amide bonds. The van der Waals surface area contributed by atoms with Crippen LogP contribution in [0.15, 0.2) is 17.0 Å². The van der Waals surface area contributed by atoms with E-state index in [0.717, 1.165) is 6.07 Å². The van der Waals surface area contributed by atoms with Gasteiger partial charge in [0.05, 0.1) is 19.3 Å². The molecule has 0 aromatic heterocycles. The van der Waals surface area contributed by atoms with Crippen molar-refractivity contribution in [3.05, 3.63) is 22.7 Å². The van der Waals surface area contributed by atoms with Crippen molar-refractivity contribution in [2.75, 3.05) is 34.4 Å². The van der Waals surface area contributed by atoms with Crippen LogP contribution in [0.4, 0.5) is 0 Å². The first-order valence-electron chi connectivity index (χ1n) is 5.79. The molecule has 0 atom stereocenters. The average molecular weight is 356 g/mol. The quantitative estimate of drug-likeness (QED) is 0.729. The highest BCUT2D eigenvalue weighted by atomic mass is 35.7. The Kier molecular flexibility index (Phi) is 6.27. The number of likely N-dealkylation sites (N-methyl/N-ethyl adjacent to an activating group) is 1. The second-order valence-corrected chi connectivity index (χ2v) is 7.11. The lowest BCUT2D eigenvalue weighted by Gasteiger charge is -2.19. The number of carbonyl (C=O) groups excluding carboxylic acids is 1. The van der Waals surface area contributed by atoms with Gasteiger partial charge in [-0.3, -0.25) is 4.79 Å². The Balaban J connectivity index is 3.36. The van der Waals surface area contributed by atoms with Gasteiger partial charge in [0.2, 0.25) is 0 Å². The molecular weight excluding hydrogens is 341 g/mol. The Labute approximate surface area is 133 Å². The molecule has 0 aliphatic heterocycles. The molecule has 0 radical (unpaired) electrons. The van der Waals surface area contributed by atoms with Gasteiger partial charge in [0.15, 0.2) is 5.75 Å². The van der Waals surface area contributed by atoms with Crippen molar-refractivity contribution >= 4 is 37.2 Å². The van der Waals surface area contributed by atoms with Crippen molar-refractivity contribution in [3.63, 3.8) is 0 Å². The van der Waals surface area contributed by atoms with E-state index in [0.29, 0.717) is 13.2 Å². The maximum absolute atomic E-state index is 12.4. The summed E-state index contributed by atoms with van der Waals surface area (Å²) in [7, 11) is 5.56. The molecule has 1 aromatic carbocycles. The molecule has 0 aliphatic rings. The summed E-state index contributed by atoms with van der Waals surface area (Å²) in [6.07, 6.45) is 0. The number of amides is 1. The molecule has 0 spiro atoms. The van der Waals surface area contributed by atoms with E-state index in [-0.39, 0.29) is 21.2 Å². The lowest BCUT2D eigenvalue weighted by Crippen LogP contribution is -2.30. The van der Waals surface area contributed by atoms with Gasteiger partial charge in [0.25, 0.3) is 15.0 Å². The molecule has 9 heteroatoms. The SMILES string of the molecule is COCCN(C)C(=O)c1cc(Cl)cc(S(=O)(=O)Cl)c1OC. The second kappa shape index (κ2) is 7.31. The van der Waals surface area contributed by atoms with Crippen LogP contribution < -0.4 is 4.74 Å². The molecule has 0 saturated heterocycles. The number of benzene rings is 1. The van der Waals surface area contributed by atoms with Crippen molar-refractivity contribution < 1.29 is 22.7 Å². The number of ether oxygens (including phenoxy) is 2. The zero-order valence-corrected chi connectivity index (χ0v) is 14.0. The van der Waals surface area contributed by atoms with Gasteiger partial charge in [-0.25, -0.2) is 8.42 Å². The van der Waals surface area contributed by atoms with E-state index in [9.17, 15) is 13.2 Å². The maximum atomic E-state index is 12.4. The smallest absolute Gasteiger partial charge is 0.265 e. The standard InChI is InChI=1S/C12H15Cl2NO5S/c1-15(4-5-19-2)12(16)9-6-8(13)7-10(11(9)20-3)21(14,17)18/h6-7H,4-5H2,1-3H3. The van der Waals surface area contributed by atoms with E-state index in [1.807, 2.05) is 0 Å². The molecule has 0 bridgehead atoms. The molecule has 1 aromatic rings. The van der Waals surface area contributed by atoms with Crippen LogP contribution >= 0.6 is 22.3 Å². The maximum Gasteiger partial charge on any atom is 0.265 e. The topological polar surface area (TPSA) is 72.9 Å². The van der Waals surface area contributed by atoms with Crippen LogP contribution in [0.5, 0.6) is 5.75 Å². The number of carbonyl (C=O) groups is 1. The number of methoxy groups -OCH3 is 2. The van der Waals surface area contributed by atoms with Gasteiger partial charge >= 0.3 is 0 Å². The van der Waals surface area contributed by atoms with Crippen LogP contribution in [-0.4, -0.2) is 53.6 Å². The van der Waals surface area contributed by atoms with Gasteiger partial charge in [0, 0.05) is 36.4 Å². The number of nitrogens with zero attached hydrogens (tertiary/aromatic N) is 1. The highest BCUT2D eigenvalue weighted by Gasteiger charge is 2.25. The van der Waals surface area contributed by atoms with Crippen molar-refractivity contribution in [1.29, 1.82) is 0 Å². The van der Waals surface area contributed by atoms with Gasteiger partial charge in [-0.15, -0.1) is 0 Å². The largest absolute Gasteiger partial charge is 0.494 e. The van der Waals surface area contributed by atoms with Crippen molar-refractivity contribution in [2.24, 2.45) is 0 Å². The summed E-state index contributed by atoms with van der Waals surface area (Å²) in [5.74, 6) is -0.586. The molecule has 118 valence electrons. The number of hydrogen-bond acceptors (Lipinski definition) is 5. The van der Waals surface area contributed by atoms with Gasteiger partial charge in [-0.05, 0) is 12.1 Å². The molecule has 0 unspecified atom stereocenters. The Morgan fingerprint density at radius 2 is 1.95 bits per heavy atom. The molecule has 1 rings (SSSR count). The fourth-order valence-electron chi connectivity index (χ4n) is 1.65. The van der Waals surface area contributed by atoms with Gasteiger partial charge < -0.3 is 14.4 Å². The van der Waals surface area contributed by atoms with E-state index in [1.54, 1.807) is 7.05 Å². The molecule has 0 aliphatic carbocycles. The summed E-state index contributed by atoms with van der Waals surface area (Å²) >= 11 is 5.86. The first kappa shape index (κ1) is 18.0. The van der Waals surface area contributed by atoms with E-state index in [2.05, 4.69) is 0 Å². The first-order chi connectivity index (χ1) is 9.72. The van der Waals surface area contributed by atoms with Crippen molar-refractivity contribution in [2.45, 2.75) is 4.90 Å². The predicted molar refractivity (Wildman–Crippen MR) is 79.9 cm³/mol. The molecule has 0 fully saturated rings. The van der Waals surface area contributed by atoms with Gasteiger partial charge in [0.1, 0.15) is 4.90 Å². The van der Waals surface area contributed by atoms with E-state index >= 15 is 0 Å². The van der Waals surface area contributed by atoms with Crippen LogP contribution in [-0.2, 0) is 13.8 Å². The van der Waals surface area contributed by atoms with Crippen LogP contribution in [0.25, 0.3) is 0 Å². The summed E-state index contributed by atoms with van der Waals surface area (Å²) in [5.41, 5.74) is 0.0165. The number of halogens is 2. The third-order valence-corrected chi connectivity index (χ3v) is 4.24. The van der Waals surface area contributed by atoms with Crippen LogP contribution in [0.1, 0.15) is 10.4 Å². The Morgan fingerprint density at radius 3 is 2.43 bits per heavy atom. The van der Waals surface area contributed by atoms with Crippen LogP contribution in [0.3, 0.4) is 0 Å². The summed E-state index contributed by atoms with van der Waals surface area (Å²) in [4.78, 5) is 13.4. The number of rotatable bonds is 6. The Morgan fingerprint density at radius 1 is 1.33 bits per heavy atom. The minimum atomic E-state index is -4.10. The van der Waals surface area contributed by atoms with Gasteiger partial charge in [-0.2, -0.15) is 0 Å². The first-order valence-corrected chi connectivity index (χ1v) is 8.47. The fraction of sp³-hybridized carbons (Fsp3) is 0.417. The average Bonchev–Trinajstić information content (AvgIpc) is 2.41. The van der Waals surface area contributed by atoms with Crippen molar-refractivity contribution in [1.82, 2.24) is 4.90 Å². The van der Waals surface area contributed by atoms with E-state index < -0.39 is 15.0 Å². The third kappa shape index (κ3) is 4.47. The summed E-state index contributed by atoms with van der Waals surface area (Å²) in [6.45, 7) is 0.666. The minimum Gasteiger partial charge on any atom is -0.494 e. The fourth-order valence-corrected chi connectivity index (χ4v) is 2.96. The zero-order chi connectivity index (χ0) is 16.2. The lowest BCUT2D eigenvalue weighted by atomic mass is 10.1. The monoisotopic (exact) mass is 355 g/mol. The minimum absolute atomic E-state index is 0.0165. The summed E-state index contributed by atoms with van der Waals surface area (Å²) < 4.78 is 33.0. The number of hydrogen-bond donors (Lipinski definition) is 0. The zero-order valence-electron chi connectivity index (χ0n) is 11.7. The van der Waals surface area contributed by atoms with Gasteiger partial charge in [-0.1, -0.05) is 11.6 Å². The predicted octanol–water partition coefficient (Wildman–Crippen LogP) is 1.99. The molecule has 6 nitrogen and oxygen atoms in total. The van der Waals surface area contributed by atoms with E-state index in [1.165, 1.54) is 25.2 Å². The summed E-state index contributed by atoms with van der Waals surface area (Å²) in [5, 5.41) is 0.0681. The molecule has 0 heterocycles. The summed E-state index contributed by atoms with van der Waals surface area (Å²) in [6, 6.07) is 2.46. The van der Waals surface area contributed by atoms with Crippen LogP contribution in [0, 0.1) is 0 Å². The Bertz CT molecular complexity index is 633. The van der Waals surface area contributed by atoms with E-state index in [4.69, 9.17) is 31.8 Å². The molecule has 0 N–H and O–H groups in total. The van der Waals surface area contributed by atoms with Crippen molar-refractivity contribution in [3.8, 4) is 5.75 Å². The molecule has 21 heavy (non-hydrogen) atoms.